The van der Waals surface area contributed by atoms with Crippen LogP contribution in [-0.4, -0.2) is 18.5 Å². The molecule has 1 saturated heterocycles. The Bertz CT molecular complexity index is 436. The summed E-state index contributed by atoms with van der Waals surface area (Å²) in [4.78, 5) is 13.4. The van der Waals surface area contributed by atoms with E-state index in [1.165, 1.54) is 0 Å². The van der Waals surface area contributed by atoms with Gasteiger partial charge in [-0.1, -0.05) is 11.6 Å². The van der Waals surface area contributed by atoms with Crippen molar-refractivity contribution >= 4 is 28.9 Å². The van der Waals surface area contributed by atoms with Crippen LogP contribution in [0.25, 0.3) is 0 Å². The average molecular weight is 254 g/mol. The maximum absolute atomic E-state index is 11.4. The number of nitrogens with two attached hydrogens (primary N) is 2. The first-order valence-electron chi connectivity index (χ1n) is 5.70. The fourth-order valence-corrected chi connectivity index (χ4v) is 2.45. The molecule has 1 heterocycles. The number of amides is 1. The SMILES string of the molecule is NC(=O)C1CCCCN1c1cc(Cl)ccc1N. The zero-order valence-electron chi connectivity index (χ0n) is 9.53. The first kappa shape index (κ1) is 12.0. The van der Waals surface area contributed by atoms with Crippen LogP contribution >= 0.6 is 11.6 Å². The number of halogens is 1. The molecule has 0 saturated carbocycles. The molecule has 5 heteroatoms. The first-order valence-corrected chi connectivity index (χ1v) is 6.08. The van der Waals surface area contributed by atoms with Crippen LogP contribution in [-0.2, 0) is 4.79 Å². The number of carbonyl (C=O) groups excluding carboxylic acids is 1. The molecule has 1 amide bonds. The molecule has 0 aliphatic carbocycles. The predicted molar refractivity (Wildman–Crippen MR) is 70.0 cm³/mol. The zero-order chi connectivity index (χ0) is 12.4. The van der Waals surface area contributed by atoms with Crippen LogP contribution in [0.5, 0.6) is 0 Å². The topological polar surface area (TPSA) is 72.4 Å². The van der Waals surface area contributed by atoms with E-state index in [0.29, 0.717) is 10.7 Å². The summed E-state index contributed by atoms with van der Waals surface area (Å²) in [6, 6.07) is 5.01. The number of nitrogen functional groups attached to an aromatic ring is 1. The Morgan fingerprint density at radius 3 is 2.88 bits per heavy atom. The molecule has 1 aromatic rings. The second kappa shape index (κ2) is 4.84. The van der Waals surface area contributed by atoms with Crippen molar-refractivity contribution < 1.29 is 4.79 Å². The Morgan fingerprint density at radius 2 is 2.18 bits per heavy atom. The lowest BCUT2D eigenvalue weighted by Gasteiger charge is -2.36. The van der Waals surface area contributed by atoms with Gasteiger partial charge in [0, 0.05) is 11.6 Å². The Hall–Kier alpha value is -1.42. The standard InChI is InChI=1S/C12H16ClN3O/c13-8-4-5-9(14)11(7-8)16-6-2-1-3-10(16)12(15)17/h4-5,7,10H,1-3,6,14H2,(H2,15,17). The number of hydrogen-bond donors (Lipinski definition) is 2. The quantitative estimate of drug-likeness (QED) is 0.789. The highest BCUT2D eigenvalue weighted by Crippen LogP contribution is 2.31. The van der Waals surface area contributed by atoms with Crippen LogP contribution < -0.4 is 16.4 Å². The molecule has 4 nitrogen and oxygen atoms in total. The lowest BCUT2D eigenvalue weighted by molar-refractivity contribution is -0.119. The molecule has 0 radical (unpaired) electrons. The minimum atomic E-state index is -0.302. The molecule has 4 N–H and O–H groups in total. The van der Waals surface area contributed by atoms with E-state index in [-0.39, 0.29) is 11.9 Å². The molecule has 1 atom stereocenters. The van der Waals surface area contributed by atoms with Crippen LogP contribution in [0.15, 0.2) is 18.2 Å². The largest absolute Gasteiger partial charge is 0.397 e. The van der Waals surface area contributed by atoms with E-state index in [0.717, 1.165) is 31.5 Å². The Kier molecular flexibility index (Phi) is 3.43. The van der Waals surface area contributed by atoms with Gasteiger partial charge in [0.05, 0.1) is 11.4 Å². The number of benzene rings is 1. The second-order valence-corrected chi connectivity index (χ2v) is 4.75. The average Bonchev–Trinajstić information content (AvgIpc) is 2.32. The fourth-order valence-electron chi connectivity index (χ4n) is 2.28. The van der Waals surface area contributed by atoms with Crippen molar-refractivity contribution in [2.45, 2.75) is 25.3 Å². The summed E-state index contributed by atoms with van der Waals surface area (Å²) in [5, 5.41) is 0.614. The summed E-state index contributed by atoms with van der Waals surface area (Å²) >= 11 is 5.96. The zero-order valence-corrected chi connectivity index (χ0v) is 10.3. The van der Waals surface area contributed by atoms with Crippen LogP contribution in [0.4, 0.5) is 11.4 Å². The molecule has 1 aliphatic heterocycles. The summed E-state index contributed by atoms with van der Waals surface area (Å²) in [5.41, 5.74) is 12.8. The van der Waals surface area contributed by atoms with Crippen molar-refractivity contribution in [3.05, 3.63) is 23.2 Å². The number of hydrogen-bond acceptors (Lipinski definition) is 3. The molecular formula is C12H16ClN3O. The third-order valence-electron chi connectivity index (χ3n) is 3.13. The van der Waals surface area contributed by atoms with Gasteiger partial charge in [-0.2, -0.15) is 0 Å². The molecule has 2 rings (SSSR count). The molecule has 1 unspecified atom stereocenters. The number of anilines is 2. The number of primary amides is 1. The minimum Gasteiger partial charge on any atom is -0.397 e. The van der Waals surface area contributed by atoms with E-state index in [9.17, 15) is 4.79 Å². The van der Waals surface area contributed by atoms with E-state index in [1.54, 1.807) is 18.2 Å². The van der Waals surface area contributed by atoms with Gasteiger partial charge in [0.1, 0.15) is 6.04 Å². The molecule has 1 fully saturated rings. The predicted octanol–water partition coefficient (Wildman–Crippen LogP) is 1.77. The number of carbonyl (C=O) groups is 1. The lowest BCUT2D eigenvalue weighted by Crippen LogP contribution is -2.48. The van der Waals surface area contributed by atoms with E-state index >= 15 is 0 Å². The molecule has 1 aliphatic rings. The first-order chi connectivity index (χ1) is 8.09. The number of rotatable bonds is 2. The van der Waals surface area contributed by atoms with Crippen molar-refractivity contribution in [3.63, 3.8) is 0 Å². The van der Waals surface area contributed by atoms with Crippen LogP contribution in [0.3, 0.4) is 0 Å². The van der Waals surface area contributed by atoms with E-state index in [1.807, 2.05) is 4.90 Å². The third kappa shape index (κ3) is 2.47. The Balaban J connectivity index is 2.35. The Labute approximate surface area is 106 Å². The number of nitrogens with zero attached hydrogens (tertiary/aromatic N) is 1. The van der Waals surface area contributed by atoms with Gasteiger partial charge in [0.2, 0.25) is 5.91 Å². The Morgan fingerprint density at radius 1 is 1.41 bits per heavy atom. The van der Waals surface area contributed by atoms with Crippen molar-refractivity contribution in [1.29, 1.82) is 0 Å². The molecule has 92 valence electrons. The van der Waals surface area contributed by atoms with Crippen LogP contribution in [0.2, 0.25) is 5.02 Å². The molecule has 0 bridgehead atoms. The summed E-state index contributed by atoms with van der Waals surface area (Å²) < 4.78 is 0. The minimum absolute atomic E-state index is 0.274. The molecule has 0 spiro atoms. The highest BCUT2D eigenvalue weighted by atomic mass is 35.5. The van der Waals surface area contributed by atoms with Gasteiger partial charge < -0.3 is 16.4 Å². The highest BCUT2D eigenvalue weighted by Gasteiger charge is 2.28. The van der Waals surface area contributed by atoms with Gasteiger partial charge >= 0.3 is 0 Å². The normalized spacial score (nSPS) is 20.3. The maximum Gasteiger partial charge on any atom is 0.240 e. The van der Waals surface area contributed by atoms with Crippen molar-refractivity contribution in [3.8, 4) is 0 Å². The second-order valence-electron chi connectivity index (χ2n) is 4.31. The third-order valence-corrected chi connectivity index (χ3v) is 3.37. The van der Waals surface area contributed by atoms with Crippen LogP contribution in [0, 0.1) is 0 Å². The summed E-state index contributed by atoms with van der Waals surface area (Å²) in [6.45, 7) is 0.790. The molecule has 1 aromatic carbocycles. The molecule has 0 aromatic heterocycles. The fraction of sp³-hybridized carbons (Fsp3) is 0.417. The van der Waals surface area contributed by atoms with E-state index in [4.69, 9.17) is 23.1 Å². The highest BCUT2D eigenvalue weighted by molar-refractivity contribution is 6.31. The lowest BCUT2D eigenvalue weighted by atomic mass is 10.0. The molecular weight excluding hydrogens is 238 g/mol. The number of piperidine rings is 1. The molecule has 17 heavy (non-hydrogen) atoms. The smallest absolute Gasteiger partial charge is 0.240 e. The van der Waals surface area contributed by atoms with Crippen molar-refractivity contribution in [2.24, 2.45) is 5.73 Å². The van der Waals surface area contributed by atoms with Gasteiger partial charge in [-0.15, -0.1) is 0 Å². The van der Waals surface area contributed by atoms with Gasteiger partial charge in [0.25, 0.3) is 0 Å². The van der Waals surface area contributed by atoms with Crippen molar-refractivity contribution in [2.75, 3.05) is 17.2 Å². The van der Waals surface area contributed by atoms with Gasteiger partial charge in [-0.3, -0.25) is 4.79 Å². The van der Waals surface area contributed by atoms with Crippen molar-refractivity contribution in [1.82, 2.24) is 0 Å². The van der Waals surface area contributed by atoms with Gasteiger partial charge in [-0.05, 0) is 37.5 Å². The monoisotopic (exact) mass is 253 g/mol. The van der Waals surface area contributed by atoms with Crippen LogP contribution in [0.1, 0.15) is 19.3 Å². The summed E-state index contributed by atoms with van der Waals surface area (Å²) in [5.74, 6) is -0.302. The summed E-state index contributed by atoms with van der Waals surface area (Å²) in [7, 11) is 0. The van der Waals surface area contributed by atoms with E-state index < -0.39 is 0 Å². The summed E-state index contributed by atoms with van der Waals surface area (Å²) in [6.07, 6.45) is 2.83. The van der Waals surface area contributed by atoms with Gasteiger partial charge in [0.15, 0.2) is 0 Å². The van der Waals surface area contributed by atoms with E-state index in [2.05, 4.69) is 0 Å². The van der Waals surface area contributed by atoms with Gasteiger partial charge in [-0.25, -0.2) is 0 Å². The maximum atomic E-state index is 11.4.